The molecule has 23 heavy (non-hydrogen) atoms. The molecule has 0 N–H and O–H groups in total. The maximum absolute atomic E-state index is 12.1. The number of hydrogen-bond donors (Lipinski definition) is 0. The highest BCUT2D eigenvalue weighted by Gasteiger charge is 2.28. The first-order chi connectivity index (χ1) is 10.9. The number of para-hydroxylation sites is 2. The molecule has 1 saturated heterocycles. The van der Waals surface area contributed by atoms with Crippen molar-refractivity contribution in [1.82, 2.24) is 9.88 Å². The molecule has 0 radical (unpaired) electrons. The maximum Gasteiger partial charge on any atom is 0.410 e. The van der Waals surface area contributed by atoms with Gasteiger partial charge < -0.3 is 14.1 Å². The quantitative estimate of drug-likeness (QED) is 0.818. The van der Waals surface area contributed by atoms with Gasteiger partial charge in [-0.3, -0.25) is 0 Å². The van der Waals surface area contributed by atoms with Crippen LogP contribution in [0, 0.1) is 0 Å². The number of carbonyl (C=O) groups excluding carboxylic acids is 1. The largest absolute Gasteiger partial charge is 0.444 e. The van der Waals surface area contributed by atoms with Crippen molar-refractivity contribution in [2.45, 2.75) is 49.7 Å². The number of hydrogen-bond acceptors (Lipinski definition) is 5. The van der Waals surface area contributed by atoms with E-state index in [1.165, 1.54) is 0 Å². The number of oxazole rings is 1. The Morgan fingerprint density at radius 1 is 1.30 bits per heavy atom. The molecule has 0 unspecified atom stereocenters. The van der Waals surface area contributed by atoms with E-state index in [9.17, 15) is 4.79 Å². The second-order valence-electron chi connectivity index (χ2n) is 6.73. The average Bonchev–Trinajstić information content (AvgIpc) is 2.88. The minimum absolute atomic E-state index is 0.220. The average molecular weight is 334 g/mol. The van der Waals surface area contributed by atoms with E-state index >= 15 is 0 Å². The van der Waals surface area contributed by atoms with Gasteiger partial charge in [0.2, 0.25) is 0 Å². The van der Waals surface area contributed by atoms with E-state index in [2.05, 4.69) is 4.98 Å². The highest BCUT2D eigenvalue weighted by Crippen LogP contribution is 2.32. The van der Waals surface area contributed by atoms with Crippen LogP contribution in [0.4, 0.5) is 4.79 Å². The lowest BCUT2D eigenvalue weighted by Gasteiger charge is -2.32. The van der Waals surface area contributed by atoms with Crippen LogP contribution in [-0.4, -0.2) is 39.9 Å². The third-order valence-electron chi connectivity index (χ3n) is 3.64. The molecule has 2 heterocycles. The lowest BCUT2D eigenvalue weighted by molar-refractivity contribution is 0.0219. The first-order valence-corrected chi connectivity index (χ1v) is 8.79. The number of thioether (sulfide) groups is 1. The van der Waals surface area contributed by atoms with Crippen molar-refractivity contribution in [3.8, 4) is 0 Å². The third kappa shape index (κ3) is 4.19. The van der Waals surface area contributed by atoms with Gasteiger partial charge in [0.15, 0.2) is 5.58 Å². The molecule has 0 aliphatic carbocycles. The number of amides is 1. The molecule has 0 spiro atoms. The predicted octanol–water partition coefficient (Wildman–Crippen LogP) is 4.32. The smallest absolute Gasteiger partial charge is 0.410 e. The minimum atomic E-state index is -0.444. The van der Waals surface area contributed by atoms with Gasteiger partial charge in [-0.15, -0.1) is 0 Å². The van der Waals surface area contributed by atoms with Crippen LogP contribution in [0.5, 0.6) is 0 Å². The van der Waals surface area contributed by atoms with E-state index < -0.39 is 5.60 Å². The summed E-state index contributed by atoms with van der Waals surface area (Å²) in [7, 11) is 0. The van der Waals surface area contributed by atoms with Gasteiger partial charge >= 0.3 is 6.09 Å². The number of nitrogens with zero attached hydrogens (tertiary/aromatic N) is 2. The Morgan fingerprint density at radius 2 is 2.00 bits per heavy atom. The molecule has 124 valence electrons. The van der Waals surface area contributed by atoms with Crippen molar-refractivity contribution in [1.29, 1.82) is 0 Å². The fourth-order valence-electron chi connectivity index (χ4n) is 2.53. The Balaban J connectivity index is 1.54. The van der Waals surface area contributed by atoms with E-state index in [-0.39, 0.29) is 6.09 Å². The van der Waals surface area contributed by atoms with Gasteiger partial charge in [-0.05, 0) is 45.7 Å². The molecular weight excluding hydrogens is 312 g/mol. The van der Waals surface area contributed by atoms with E-state index in [1.54, 1.807) is 16.7 Å². The summed E-state index contributed by atoms with van der Waals surface area (Å²) >= 11 is 1.66. The zero-order valence-corrected chi connectivity index (χ0v) is 14.6. The molecule has 0 saturated carbocycles. The monoisotopic (exact) mass is 334 g/mol. The van der Waals surface area contributed by atoms with Crippen LogP contribution in [0.15, 0.2) is 33.9 Å². The Bertz CT molecular complexity index is 651. The Hall–Kier alpha value is -1.69. The summed E-state index contributed by atoms with van der Waals surface area (Å²) in [5.41, 5.74) is 1.27. The summed E-state index contributed by atoms with van der Waals surface area (Å²) in [5, 5.41) is 1.13. The first-order valence-electron chi connectivity index (χ1n) is 7.91. The van der Waals surface area contributed by atoms with E-state index in [1.807, 2.05) is 45.0 Å². The lowest BCUT2D eigenvalue weighted by atomic mass is 10.1. The number of carbonyl (C=O) groups is 1. The summed E-state index contributed by atoms with van der Waals surface area (Å²) in [6, 6.07) is 7.78. The lowest BCUT2D eigenvalue weighted by Crippen LogP contribution is -2.42. The first kappa shape index (κ1) is 16.2. The fraction of sp³-hybridized carbons (Fsp3) is 0.529. The van der Waals surface area contributed by atoms with Crippen LogP contribution in [0.25, 0.3) is 11.1 Å². The standard InChI is InChI=1S/C17H22N2O3S/c1-17(2,3)22-16(20)19-10-8-12(9-11-19)23-15-18-13-6-4-5-7-14(13)21-15/h4-7,12H,8-11H2,1-3H3. The molecule has 6 heteroatoms. The van der Waals surface area contributed by atoms with Crippen molar-refractivity contribution in [3.63, 3.8) is 0 Å². The molecular formula is C17H22N2O3S. The van der Waals surface area contributed by atoms with Crippen molar-refractivity contribution in [2.75, 3.05) is 13.1 Å². The molecule has 1 aromatic heterocycles. The van der Waals surface area contributed by atoms with Gasteiger partial charge in [-0.2, -0.15) is 0 Å². The summed E-state index contributed by atoms with van der Waals surface area (Å²) in [6.45, 7) is 7.10. The number of rotatable bonds is 2. The number of benzene rings is 1. The minimum Gasteiger partial charge on any atom is -0.444 e. The topological polar surface area (TPSA) is 55.6 Å². The summed E-state index contributed by atoms with van der Waals surface area (Å²) < 4.78 is 11.2. The summed E-state index contributed by atoms with van der Waals surface area (Å²) in [5.74, 6) is 0. The predicted molar refractivity (Wildman–Crippen MR) is 90.7 cm³/mol. The van der Waals surface area contributed by atoms with Crippen LogP contribution in [0.3, 0.4) is 0 Å². The Kier molecular flexibility index (Phi) is 4.53. The third-order valence-corrected chi connectivity index (χ3v) is 4.82. The zero-order chi connectivity index (χ0) is 16.4. The van der Waals surface area contributed by atoms with Crippen molar-refractivity contribution >= 4 is 29.0 Å². The number of aromatic nitrogens is 1. The number of likely N-dealkylation sites (tertiary alicyclic amines) is 1. The highest BCUT2D eigenvalue weighted by molar-refractivity contribution is 7.99. The zero-order valence-electron chi connectivity index (χ0n) is 13.7. The van der Waals surface area contributed by atoms with E-state index in [0.29, 0.717) is 23.6 Å². The van der Waals surface area contributed by atoms with Gasteiger partial charge in [0.1, 0.15) is 11.1 Å². The SMILES string of the molecule is CC(C)(C)OC(=O)N1CCC(Sc2nc3ccccc3o2)CC1. The normalized spacial score (nSPS) is 16.7. The van der Waals surface area contributed by atoms with Gasteiger partial charge in [0.05, 0.1) is 0 Å². The van der Waals surface area contributed by atoms with E-state index in [0.717, 1.165) is 23.9 Å². The molecule has 1 amide bonds. The van der Waals surface area contributed by atoms with E-state index in [4.69, 9.17) is 9.15 Å². The molecule has 1 aliphatic heterocycles. The molecule has 1 fully saturated rings. The van der Waals surface area contributed by atoms with Crippen LogP contribution in [0.2, 0.25) is 0 Å². The fourth-order valence-corrected chi connectivity index (χ4v) is 3.55. The van der Waals surface area contributed by atoms with Crippen LogP contribution < -0.4 is 0 Å². The number of piperidine rings is 1. The van der Waals surface area contributed by atoms with Crippen molar-refractivity contribution in [3.05, 3.63) is 24.3 Å². The van der Waals surface area contributed by atoms with Gasteiger partial charge in [-0.1, -0.05) is 23.9 Å². The van der Waals surface area contributed by atoms with Crippen LogP contribution in [-0.2, 0) is 4.74 Å². The van der Waals surface area contributed by atoms with Gasteiger partial charge in [0, 0.05) is 18.3 Å². The number of fused-ring (bicyclic) bond motifs is 1. The summed E-state index contributed by atoms with van der Waals surface area (Å²) in [4.78, 5) is 18.3. The van der Waals surface area contributed by atoms with Gasteiger partial charge in [-0.25, -0.2) is 9.78 Å². The number of ether oxygens (including phenoxy) is 1. The molecule has 2 aromatic rings. The molecule has 1 aromatic carbocycles. The summed E-state index contributed by atoms with van der Waals surface area (Å²) in [6.07, 6.45) is 1.62. The van der Waals surface area contributed by atoms with Crippen LogP contribution >= 0.6 is 11.8 Å². The molecule has 0 bridgehead atoms. The molecule has 1 aliphatic rings. The molecule has 0 atom stereocenters. The Labute approximate surface area is 140 Å². The second-order valence-corrected chi connectivity index (χ2v) is 7.98. The highest BCUT2D eigenvalue weighted by atomic mass is 32.2. The molecule has 3 rings (SSSR count). The second kappa shape index (κ2) is 6.43. The van der Waals surface area contributed by atoms with Crippen molar-refractivity contribution in [2.24, 2.45) is 0 Å². The Morgan fingerprint density at radius 3 is 2.65 bits per heavy atom. The van der Waals surface area contributed by atoms with Crippen molar-refractivity contribution < 1.29 is 13.9 Å². The van der Waals surface area contributed by atoms with Gasteiger partial charge in [0.25, 0.3) is 5.22 Å². The maximum atomic E-state index is 12.1. The van der Waals surface area contributed by atoms with Crippen LogP contribution in [0.1, 0.15) is 33.6 Å². The molecule has 5 nitrogen and oxygen atoms in total.